The van der Waals surface area contributed by atoms with Crippen LogP contribution in [-0.4, -0.2) is 75.9 Å². The first-order valence-electron chi connectivity index (χ1n) is 10.2. The lowest BCUT2D eigenvalue weighted by Crippen LogP contribution is -2.56. The Balaban J connectivity index is 1.30. The Hall–Kier alpha value is -2.47. The standard InChI is InChI=1S/C20H21ClN6O3S2/c21-17-2-1-14(32-17)8-22-18-7-15(24-27(18)19(28)16-11-31-12-23-16)13-9-26(10-13)20(29)25-3-5-30-6-4-25/h1-2,7,11-13,22H,3-6,8-10H2. The highest BCUT2D eigenvalue weighted by Crippen LogP contribution is 2.30. The summed E-state index contributed by atoms with van der Waals surface area (Å²) in [5.74, 6) is 0.395. The Bertz CT molecular complexity index is 1100. The van der Waals surface area contributed by atoms with Crippen LogP contribution in [0, 0.1) is 0 Å². The minimum Gasteiger partial charge on any atom is -0.378 e. The number of rotatable bonds is 5. The number of carbonyl (C=O) groups is 2. The Morgan fingerprint density at radius 3 is 2.72 bits per heavy atom. The Labute approximate surface area is 197 Å². The van der Waals surface area contributed by atoms with Gasteiger partial charge in [0, 0.05) is 48.4 Å². The van der Waals surface area contributed by atoms with Crippen molar-refractivity contribution in [2.45, 2.75) is 12.5 Å². The summed E-state index contributed by atoms with van der Waals surface area (Å²) >= 11 is 8.88. The molecule has 2 aliphatic heterocycles. The average molecular weight is 493 g/mol. The SMILES string of the molecule is O=C(N1CCOCC1)N1CC(c2cc(NCc3ccc(Cl)s3)n(C(=O)c3cscn3)n2)C1. The van der Waals surface area contributed by atoms with Gasteiger partial charge in [-0.2, -0.15) is 9.78 Å². The maximum atomic E-state index is 13.0. The van der Waals surface area contributed by atoms with Crippen LogP contribution < -0.4 is 5.32 Å². The van der Waals surface area contributed by atoms with Crippen molar-refractivity contribution in [2.75, 3.05) is 44.7 Å². The van der Waals surface area contributed by atoms with E-state index in [2.05, 4.69) is 15.4 Å². The number of likely N-dealkylation sites (tertiary alicyclic amines) is 1. The first-order valence-corrected chi connectivity index (χ1v) is 12.3. The third-order valence-electron chi connectivity index (χ3n) is 5.50. The number of thiophene rings is 1. The second kappa shape index (κ2) is 9.18. The van der Waals surface area contributed by atoms with Gasteiger partial charge in [-0.1, -0.05) is 11.6 Å². The molecule has 2 amide bonds. The smallest absolute Gasteiger partial charge is 0.320 e. The molecule has 0 saturated carbocycles. The molecule has 32 heavy (non-hydrogen) atoms. The molecule has 3 aromatic heterocycles. The van der Waals surface area contributed by atoms with Crippen LogP contribution in [0.15, 0.2) is 29.1 Å². The Morgan fingerprint density at radius 2 is 2.03 bits per heavy atom. The summed E-state index contributed by atoms with van der Waals surface area (Å²) in [5.41, 5.74) is 2.76. The highest BCUT2D eigenvalue weighted by atomic mass is 35.5. The topological polar surface area (TPSA) is 92.6 Å². The predicted octanol–water partition coefficient (Wildman–Crippen LogP) is 3.21. The van der Waals surface area contributed by atoms with Crippen molar-refractivity contribution in [2.24, 2.45) is 0 Å². The van der Waals surface area contributed by atoms with Crippen molar-refractivity contribution in [3.05, 3.63) is 49.7 Å². The van der Waals surface area contributed by atoms with Gasteiger partial charge in [0.15, 0.2) is 0 Å². The van der Waals surface area contributed by atoms with Crippen molar-refractivity contribution in [1.29, 1.82) is 0 Å². The van der Waals surface area contributed by atoms with Crippen molar-refractivity contribution in [3.8, 4) is 0 Å². The monoisotopic (exact) mass is 492 g/mol. The maximum absolute atomic E-state index is 13.0. The predicted molar refractivity (Wildman–Crippen MR) is 123 cm³/mol. The zero-order chi connectivity index (χ0) is 22.1. The fourth-order valence-corrected chi connectivity index (χ4v) is 5.26. The first kappa shape index (κ1) is 21.4. The van der Waals surface area contributed by atoms with Gasteiger partial charge in [-0.05, 0) is 12.1 Å². The third kappa shape index (κ3) is 4.38. The molecule has 2 fully saturated rings. The van der Waals surface area contributed by atoms with Crippen LogP contribution in [0.2, 0.25) is 4.34 Å². The van der Waals surface area contributed by atoms with Crippen molar-refractivity contribution in [3.63, 3.8) is 0 Å². The second-order valence-electron chi connectivity index (χ2n) is 7.59. The van der Waals surface area contributed by atoms with E-state index in [0.29, 0.717) is 61.8 Å². The van der Waals surface area contributed by atoms with Gasteiger partial charge in [0.05, 0.1) is 35.3 Å². The zero-order valence-electron chi connectivity index (χ0n) is 17.1. The van der Waals surface area contributed by atoms with Crippen LogP contribution in [0.3, 0.4) is 0 Å². The number of halogens is 1. The van der Waals surface area contributed by atoms with E-state index in [1.807, 2.05) is 28.0 Å². The van der Waals surface area contributed by atoms with Crippen LogP contribution in [0.5, 0.6) is 0 Å². The number of thiazole rings is 1. The van der Waals surface area contributed by atoms with E-state index in [1.54, 1.807) is 10.9 Å². The molecule has 2 aliphatic rings. The van der Waals surface area contributed by atoms with Crippen LogP contribution in [0.4, 0.5) is 10.6 Å². The summed E-state index contributed by atoms with van der Waals surface area (Å²) in [5, 5.41) is 9.59. The number of urea groups is 1. The molecular weight excluding hydrogens is 472 g/mol. The highest BCUT2D eigenvalue weighted by molar-refractivity contribution is 7.16. The molecule has 5 heterocycles. The summed E-state index contributed by atoms with van der Waals surface area (Å²) in [4.78, 5) is 34.4. The van der Waals surface area contributed by atoms with Crippen LogP contribution in [-0.2, 0) is 11.3 Å². The van der Waals surface area contributed by atoms with Gasteiger partial charge in [-0.15, -0.1) is 22.7 Å². The zero-order valence-corrected chi connectivity index (χ0v) is 19.5. The van der Waals surface area contributed by atoms with Gasteiger partial charge >= 0.3 is 6.03 Å². The molecular formula is C20H21ClN6O3S2. The summed E-state index contributed by atoms with van der Waals surface area (Å²) in [6, 6.07) is 5.72. The summed E-state index contributed by atoms with van der Waals surface area (Å²) in [6.07, 6.45) is 0. The second-order valence-corrected chi connectivity index (χ2v) is 10.1. The number of amides is 2. The highest BCUT2D eigenvalue weighted by Gasteiger charge is 2.36. The van der Waals surface area contributed by atoms with Crippen molar-refractivity contribution in [1.82, 2.24) is 24.6 Å². The van der Waals surface area contributed by atoms with Crippen LogP contribution in [0.1, 0.15) is 27.0 Å². The third-order valence-corrected chi connectivity index (χ3v) is 7.31. The molecule has 9 nitrogen and oxygen atoms in total. The molecule has 12 heteroatoms. The number of aromatic nitrogens is 3. The number of hydrogen-bond acceptors (Lipinski definition) is 8. The molecule has 5 rings (SSSR count). The molecule has 168 valence electrons. The van der Waals surface area contributed by atoms with Gasteiger partial charge < -0.3 is 19.9 Å². The number of anilines is 1. The molecule has 0 spiro atoms. The molecule has 0 aliphatic carbocycles. The number of nitrogens with zero attached hydrogens (tertiary/aromatic N) is 5. The summed E-state index contributed by atoms with van der Waals surface area (Å²) in [6.45, 7) is 4.09. The lowest BCUT2D eigenvalue weighted by atomic mass is 9.97. The molecule has 0 atom stereocenters. The summed E-state index contributed by atoms with van der Waals surface area (Å²) < 4.78 is 7.41. The fourth-order valence-electron chi connectivity index (χ4n) is 3.71. The van der Waals surface area contributed by atoms with E-state index in [0.717, 1.165) is 10.6 Å². The van der Waals surface area contributed by atoms with Gasteiger partial charge in [0.2, 0.25) is 0 Å². The average Bonchev–Trinajstić information content (AvgIpc) is 3.53. The van der Waals surface area contributed by atoms with E-state index >= 15 is 0 Å². The van der Waals surface area contributed by atoms with E-state index in [-0.39, 0.29) is 17.9 Å². The van der Waals surface area contributed by atoms with Gasteiger partial charge in [-0.3, -0.25) is 4.79 Å². The van der Waals surface area contributed by atoms with Gasteiger partial charge in [-0.25, -0.2) is 9.78 Å². The largest absolute Gasteiger partial charge is 0.378 e. The number of hydrogen-bond donors (Lipinski definition) is 1. The van der Waals surface area contributed by atoms with Crippen LogP contribution >= 0.6 is 34.3 Å². The Kier molecular flexibility index (Phi) is 6.13. The van der Waals surface area contributed by atoms with E-state index in [1.165, 1.54) is 27.4 Å². The molecule has 0 bridgehead atoms. The minimum absolute atomic E-state index is 0.0375. The summed E-state index contributed by atoms with van der Waals surface area (Å²) in [7, 11) is 0. The molecule has 3 aromatic rings. The molecule has 0 unspecified atom stereocenters. The molecule has 0 aromatic carbocycles. The van der Waals surface area contributed by atoms with Gasteiger partial charge in [0.1, 0.15) is 11.5 Å². The lowest BCUT2D eigenvalue weighted by molar-refractivity contribution is 0.0346. The number of carbonyl (C=O) groups excluding carboxylic acids is 2. The number of nitrogens with one attached hydrogen (secondary N) is 1. The molecule has 2 saturated heterocycles. The van der Waals surface area contributed by atoms with Crippen molar-refractivity contribution < 1.29 is 14.3 Å². The normalized spacial score (nSPS) is 16.8. The van der Waals surface area contributed by atoms with Crippen molar-refractivity contribution >= 4 is 52.0 Å². The van der Waals surface area contributed by atoms with E-state index in [4.69, 9.17) is 16.3 Å². The number of morpholine rings is 1. The minimum atomic E-state index is -0.287. The quantitative estimate of drug-likeness (QED) is 0.588. The fraction of sp³-hybridized carbons (Fsp3) is 0.400. The lowest BCUT2D eigenvalue weighted by Gasteiger charge is -2.42. The van der Waals surface area contributed by atoms with Gasteiger partial charge in [0.25, 0.3) is 5.91 Å². The molecule has 0 radical (unpaired) electrons. The van der Waals surface area contributed by atoms with E-state index in [9.17, 15) is 9.59 Å². The van der Waals surface area contributed by atoms with Crippen LogP contribution in [0.25, 0.3) is 0 Å². The Morgan fingerprint density at radius 1 is 1.22 bits per heavy atom. The maximum Gasteiger partial charge on any atom is 0.320 e. The first-order chi connectivity index (χ1) is 15.6. The number of ether oxygens (including phenoxy) is 1. The van der Waals surface area contributed by atoms with E-state index < -0.39 is 0 Å². The molecule has 1 N–H and O–H groups in total.